The Balaban J connectivity index is -0.0000000902. The van der Waals surface area contributed by atoms with Gasteiger partial charge in [-0.1, -0.05) is 101 Å². The summed E-state index contributed by atoms with van der Waals surface area (Å²) in [5, 5.41) is 0. The van der Waals surface area contributed by atoms with E-state index in [-0.39, 0.29) is 59.4 Å². The molecule has 0 N–H and O–H groups in total. The van der Waals surface area contributed by atoms with Gasteiger partial charge in [-0.3, -0.25) is 0 Å². The zero-order valence-corrected chi connectivity index (χ0v) is 13.4. The normalized spacial score (nSPS) is 37.6. The molecule has 0 bridgehead atoms. The zero-order chi connectivity index (χ0) is 13.4. The lowest BCUT2D eigenvalue weighted by Gasteiger charge is -2.50. The van der Waals surface area contributed by atoms with Gasteiger partial charge < -0.3 is 0 Å². The molecule has 0 aromatic heterocycles. The van der Waals surface area contributed by atoms with Crippen molar-refractivity contribution in [1.82, 2.24) is 0 Å². The molecule has 2 rings (SSSR count). The molecule has 0 amide bonds. The minimum absolute atomic E-state index is 0. The smallest absolute Gasteiger partial charge is 0.0329 e. The highest BCUT2D eigenvalue weighted by molar-refractivity contribution is 4.92. The van der Waals surface area contributed by atoms with E-state index in [1.807, 2.05) is 0 Å². The summed E-state index contributed by atoms with van der Waals surface area (Å²) in [5.41, 5.74) is 0. The predicted octanol–water partition coefficient (Wildman–Crippen LogP) is 10.7. The van der Waals surface area contributed by atoms with E-state index >= 15 is 0 Å². The van der Waals surface area contributed by atoms with E-state index in [0.717, 1.165) is 47.3 Å². The van der Waals surface area contributed by atoms with Crippen molar-refractivity contribution in [3.05, 3.63) is 0 Å². The van der Waals surface area contributed by atoms with Gasteiger partial charge in [0.2, 0.25) is 0 Å². The average Bonchev–Trinajstić information content (AvgIpc) is 2.20. The molecule has 0 saturated heterocycles. The highest BCUT2D eigenvalue weighted by Crippen LogP contribution is 2.50. The standard InChI is InChI=1S/C18H34.8CH4/c1-11-7-13(3)17(14(4)8-11)18-15(5)9-12(2)10-16(18)6;;;;;;;;/h11-18H,7-10H2,1-6H3;8*1H4. The van der Waals surface area contributed by atoms with Gasteiger partial charge in [-0.25, -0.2) is 0 Å². The fourth-order valence-electron chi connectivity index (χ4n) is 6.00. The van der Waals surface area contributed by atoms with Crippen LogP contribution in [0.25, 0.3) is 0 Å². The Labute approximate surface area is 174 Å². The van der Waals surface area contributed by atoms with E-state index in [1.165, 1.54) is 25.7 Å². The van der Waals surface area contributed by atoms with Gasteiger partial charge in [0.1, 0.15) is 0 Å². The van der Waals surface area contributed by atoms with Crippen molar-refractivity contribution in [2.45, 2.75) is 127 Å². The third-order valence-electron chi connectivity index (χ3n) is 6.17. The Hall–Kier alpha value is 0. The quantitative estimate of drug-likeness (QED) is 0.425. The van der Waals surface area contributed by atoms with Crippen LogP contribution in [0.5, 0.6) is 0 Å². The van der Waals surface area contributed by atoms with Crippen LogP contribution < -0.4 is 0 Å². The first-order valence-corrected chi connectivity index (χ1v) is 8.40. The van der Waals surface area contributed by atoms with Crippen LogP contribution in [0.2, 0.25) is 0 Å². The second kappa shape index (κ2) is 18.4. The number of hydrogen-bond acceptors (Lipinski definition) is 0. The monoisotopic (exact) mass is 379 g/mol. The molecule has 0 heterocycles. The van der Waals surface area contributed by atoms with Gasteiger partial charge in [-0.15, -0.1) is 0 Å². The van der Waals surface area contributed by atoms with Crippen LogP contribution in [0.1, 0.15) is 127 Å². The van der Waals surface area contributed by atoms with Crippen molar-refractivity contribution < 1.29 is 0 Å². The topological polar surface area (TPSA) is 0 Å². The van der Waals surface area contributed by atoms with Crippen molar-refractivity contribution in [2.24, 2.45) is 47.3 Å². The molecule has 0 aromatic carbocycles. The average molecular weight is 379 g/mol. The van der Waals surface area contributed by atoms with E-state index in [1.54, 1.807) is 0 Å². The Morgan fingerprint density at radius 2 is 0.500 bits per heavy atom. The maximum absolute atomic E-state index is 2.54. The second-order valence-electron chi connectivity index (χ2n) is 8.22. The van der Waals surface area contributed by atoms with Crippen LogP contribution in [0.4, 0.5) is 0 Å². The molecule has 0 aromatic rings. The molecule has 0 heteroatoms. The molecule has 0 spiro atoms. The summed E-state index contributed by atoms with van der Waals surface area (Å²) in [6, 6.07) is 0. The highest BCUT2D eigenvalue weighted by atomic mass is 14.5. The summed E-state index contributed by atoms with van der Waals surface area (Å²) in [6.07, 6.45) is 5.89. The third-order valence-corrected chi connectivity index (χ3v) is 6.17. The highest BCUT2D eigenvalue weighted by Gasteiger charge is 2.43. The SMILES string of the molecule is C.C.C.C.C.C.C.C.CC1CC(C)C(C2C(C)CC(C)CC2C)C(C)C1. The third kappa shape index (κ3) is 9.80. The first-order chi connectivity index (χ1) is 8.40. The molecule has 0 nitrogen and oxygen atoms in total. The number of rotatable bonds is 1. The van der Waals surface area contributed by atoms with Gasteiger partial charge >= 0.3 is 0 Å². The second-order valence-corrected chi connectivity index (χ2v) is 8.22. The first kappa shape index (κ1) is 45.0. The Kier molecular flexibility index (Phi) is 31.8. The van der Waals surface area contributed by atoms with Gasteiger partial charge in [0.25, 0.3) is 0 Å². The molecular formula is C26H66. The molecule has 2 aliphatic carbocycles. The van der Waals surface area contributed by atoms with Crippen LogP contribution in [0.15, 0.2) is 0 Å². The maximum Gasteiger partial charge on any atom is -0.0329 e. The minimum Gasteiger partial charge on any atom is -0.0776 e. The van der Waals surface area contributed by atoms with E-state index in [2.05, 4.69) is 41.5 Å². The van der Waals surface area contributed by atoms with Crippen molar-refractivity contribution in [3.63, 3.8) is 0 Å². The van der Waals surface area contributed by atoms with Crippen LogP contribution in [-0.4, -0.2) is 0 Å². The van der Waals surface area contributed by atoms with Gasteiger partial charge in [0.15, 0.2) is 0 Å². The van der Waals surface area contributed by atoms with Gasteiger partial charge in [-0.2, -0.15) is 0 Å². The van der Waals surface area contributed by atoms with Gasteiger partial charge in [0, 0.05) is 0 Å². The predicted molar refractivity (Wildman–Crippen MR) is 134 cm³/mol. The summed E-state index contributed by atoms with van der Waals surface area (Å²) in [5.74, 6) is 7.72. The zero-order valence-electron chi connectivity index (χ0n) is 13.4. The minimum atomic E-state index is 0. The van der Waals surface area contributed by atoms with Gasteiger partial charge in [-0.05, 0) is 73.0 Å². The van der Waals surface area contributed by atoms with E-state index in [4.69, 9.17) is 0 Å². The summed E-state index contributed by atoms with van der Waals surface area (Å²) in [6.45, 7) is 15.1. The van der Waals surface area contributed by atoms with Crippen molar-refractivity contribution in [2.75, 3.05) is 0 Å². The molecule has 4 unspecified atom stereocenters. The molecule has 0 aliphatic heterocycles. The van der Waals surface area contributed by atoms with E-state index < -0.39 is 0 Å². The van der Waals surface area contributed by atoms with Crippen molar-refractivity contribution >= 4 is 0 Å². The summed E-state index contributed by atoms with van der Waals surface area (Å²) in [4.78, 5) is 0. The molecule has 26 heavy (non-hydrogen) atoms. The summed E-state index contributed by atoms with van der Waals surface area (Å²) in [7, 11) is 0. The van der Waals surface area contributed by atoms with Crippen LogP contribution in [0.3, 0.4) is 0 Å². The lowest BCUT2D eigenvalue weighted by atomic mass is 9.56. The first-order valence-electron chi connectivity index (χ1n) is 8.40. The molecule has 2 aliphatic rings. The van der Waals surface area contributed by atoms with Crippen LogP contribution >= 0.6 is 0 Å². The maximum atomic E-state index is 2.54. The fraction of sp³-hybridized carbons (Fsp3) is 1.00. The Morgan fingerprint density at radius 3 is 0.654 bits per heavy atom. The molecule has 2 fully saturated rings. The Morgan fingerprint density at radius 1 is 0.346 bits per heavy atom. The lowest BCUT2D eigenvalue weighted by molar-refractivity contribution is -0.00581. The molecule has 2 saturated carbocycles. The number of hydrogen-bond donors (Lipinski definition) is 0. The molecule has 170 valence electrons. The lowest BCUT2D eigenvalue weighted by Crippen LogP contribution is -2.42. The molecule has 4 atom stereocenters. The summed E-state index contributed by atoms with van der Waals surface area (Å²) >= 11 is 0. The van der Waals surface area contributed by atoms with Crippen molar-refractivity contribution in [1.29, 1.82) is 0 Å². The summed E-state index contributed by atoms with van der Waals surface area (Å²) < 4.78 is 0. The largest absolute Gasteiger partial charge is 0.0776 e. The van der Waals surface area contributed by atoms with Crippen molar-refractivity contribution in [3.8, 4) is 0 Å². The van der Waals surface area contributed by atoms with E-state index in [0.29, 0.717) is 0 Å². The van der Waals surface area contributed by atoms with Gasteiger partial charge in [0.05, 0.1) is 0 Å². The molecule has 0 radical (unpaired) electrons. The van der Waals surface area contributed by atoms with Crippen LogP contribution in [0, 0.1) is 47.3 Å². The molecular weight excluding hydrogens is 312 g/mol. The van der Waals surface area contributed by atoms with E-state index in [9.17, 15) is 0 Å². The fourth-order valence-corrected chi connectivity index (χ4v) is 6.00. The Bertz CT molecular complexity index is 217. The van der Waals surface area contributed by atoms with Crippen LogP contribution in [-0.2, 0) is 0 Å².